The van der Waals surface area contributed by atoms with Crippen LogP contribution in [0.4, 0.5) is 0 Å². The first-order valence-electron chi connectivity index (χ1n) is 7.92. The summed E-state index contributed by atoms with van der Waals surface area (Å²) in [5, 5.41) is 2.88. The molecule has 126 valence electrons. The molecule has 1 heterocycles. The summed E-state index contributed by atoms with van der Waals surface area (Å²) in [6.45, 7) is 6.41. The van der Waals surface area contributed by atoms with Crippen LogP contribution in [-0.4, -0.2) is 18.8 Å². The SMILES string of the molecule is Cc1cc(C)cc(O[C@H](C)C(=O)NCc2ccc3c(c2)OCO3)c1. The van der Waals surface area contributed by atoms with E-state index in [0.717, 1.165) is 22.4 Å². The molecule has 0 aromatic heterocycles. The predicted octanol–water partition coefficient (Wildman–Crippen LogP) is 3.12. The van der Waals surface area contributed by atoms with Gasteiger partial charge in [0.15, 0.2) is 17.6 Å². The zero-order valence-electron chi connectivity index (χ0n) is 14.1. The highest BCUT2D eigenvalue weighted by molar-refractivity contribution is 5.80. The molecular formula is C19H21NO4. The number of aryl methyl sites for hydroxylation is 2. The molecule has 1 atom stereocenters. The number of hydrogen-bond donors (Lipinski definition) is 1. The highest BCUT2D eigenvalue weighted by Crippen LogP contribution is 2.32. The van der Waals surface area contributed by atoms with E-state index in [0.29, 0.717) is 18.0 Å². The van der Waals surface area contributed by atoms with Crippen molar-refractivity contribution in [3.8, 4) is 17.2 Å². The number of amides is 1. The van der Waals surface area contributed by atoms with E-state index in [9.17, 15) is 4.79 Å². The molecule has 0 bridgehead atoms. The summed E-state index contributed by atoms with van der Waals surface area (Å²) >= 11 is 0. The van der Waals surface area contributed by atoms with Gasteiger partial charge < -0.3 is 19.5 Å². The van der Waals surface area contributed by atoms with Crippen LogP contribution < -0.4 is 19.5 Å². The molecule has 0 saturated carbocycles. The fourth-order valence-electron chi connectivity index (χ4n) is 2.64. The minimum atomic E-state index is -0.569. The number of carbonyl (C=O) groups is 1. The Morgan fingerprint density at radius 2 is 1.83 bits per heavy atom. The van der Waals surface area contributed by atoms with Crippen LogP contribution in [0.2, 0.25) is 0 Å². The van der Waals surface area contributed by atoms with E-state index in [1.165, 1.54) is 0 Å². The Balaban J connectivity index is 1.56. The standard InChI is InChI=1S/C19H21NO4/c1-12-6-13(2)8-16(7-12)24-14(3)19(21)20-10-15-4-5-17-18(9-15)23-11-22-17/h4-9,14H,10-11H2,1-3H3,(H,20,21)/t14-/m1/s1. The van der Waals surface area contributed by atoms with Crippen molar-refractivity contribution in [1.82, 2.24) is 5.32 Å². The molecule has 1 amide bonds. The van der Waals surface area contributed by atoms with Crippen molar-refractivity contribution in [1.29, 1.82) is 0 Å². The third kappa shape index (κ3) is 3.79. The summed E-state index contributed by atoms with van der Waals surface area (Å²) in [4.78, 5) is 12.2. The lowest BCUT2D eigenvalue weighted by atomic mass is 10.1. The maximum atomic E-state index is 12.2. The van der Waals surface area contributed by atoms with Gasteiger partial charge >= 0.3 is 0 Å². The van der Waals surface area contributed by atoms with Crippen LogP contribution in [0.15, 0.2) is 36.4 Å². The number of fused-ring (bicyclic) bond motifs is 1. The Morgan fingerprint density at radius 3 is 2.58 bits per heavy atom. The zero-order chi connectivity index (χ0) is 17.1. The Hall–Kier alpha value is -2.69. The Labute approximate surface area is 141 Å². The van der Waals surface area contributed by atoms with Crippen LogP contribution in [0.3, 0.4) is 0 Å². The van der Waals surface area contributed by atoms with Crippen molar-refractivity contribution in [2.75, 3.05) is 6.79 Å². The van der Waals surface area contributed by atoms with E-state index < -0.39 is 6.10 Å². The zero-order valence-corrected chi connectivity index (χ0v) is 14.1. The summed E-state index contributed by atoms with van der Waals surface area (Å²) in [5.41, 5.74) is 3.17. The van der Waals surface area contributed by atoms with Gasteiger partial charge in [-0.1, -0.05) is 12.1 Å². The molecule has 2 aromatic carbocycles. The minimum absolute atomic E-state index is 0.160. The van der Waals surface area contributed by atoms with Gasteiger partial charge in [-0.2, -0.15) is 0 Å². The molecule has 0 fully saturated rings. The normalized spacial score (nSPS) is 13.5. The molecule has 24 heavy (non-hydrogen) atoms. The van der Waals surface area contributed by atoms with Gasteiger partial charge in [-0.05, 0) is 61.7 Å². The number of carbonyl (C=O) groups excluding carboxylic acids is 1. The second kappa shape index (κ2) is 6.83. The van der Waals surface area contributed by atoms with E-state index in [1.807, 2.05) is 44.2 Å². The van der Waals surface area contributed by atoms with Gasteiger partial charge in [0.1, 0.15) is 5.75 Å². The average molecular weight is 327 g/mol. The van der Waals surface area contributed by atoms with Crippen molar-refractivity contribution in [2.45, 2.75) is 33.4 Å². The summed E-state index contributed by atoms with van der Waals surface area (Å²) < 4.78 is 16.4. The smallest absolute Gasteiger partial charge is 0.261 e. The van der Waals surface area contributed by atoms with E-state index in [-0.39, 0.29) is 12.7 Å². The predicted molar refractivity (Wildman–Crippen MR) is 90.4 cm³/mol. The monoisotopic (exact) mass is 327 g/mol. The summed E-state index contributed by atoms with van der Waals surface area (Å²) in [6, 6.07) is 11.5. The third-order valence-corrected chi connectivity index (χ3v) is 3.78. The number of hydrogen-bond acceptors (Lipinski definition) is 4. The van der Waals surface area contributed by atoms with Crippen molar-refractivity contribution in [3.05, 3.63) is 53.1 Å². The molecular weight excluding hydrogens is 306 g/mol. The van der Waals surface area contributed by atoms with E-state index >= 15 is 0 Å². The molecule has 5 heteroatoms. The lowest BCUT2D eigenvalue weighted by Gasteiger charge is -2.16. The van der Waals surface area contributed by atoms with Crippen molar-refractivity contribution < 1.29 is 19.0 Å². The van der Waals surface area contributed by atoms with Gasteiger partial charge in [0.05, 0.1) is 0 Å². The number of nitrogens with one attached hydrogen (secondary N) is 1. The molecule has 2 aromatic rings. The highest BCUT2D eigenvalue weighted by Gasteiger charge is 2.16. The lowest BCUT2D eigenvalue weighted by molar-refractivity contribution is -0.127. The van der Waals surface area contributed by atoms with Gasteiger partial charge in [0, 0.05) is 6.54 Å². The number of ether oxygens (including phenoxy) is 3. The summed E-state index contributed by atoms with van der Waals surface area (Å²) in [6.07, 6.45) is -0.569. The lowest BCUT2D eigenvalue weighted by Crippen LogP contribution is -2.35. The van der Waals surface area contributed by atoms with Gasteiger partial charge in [0.25, 0.3) is 5.91 Å². The average Bonchev–Trinajstić information content (AvgIpc) is 2.99. The van der Waals surface area contributed by atoms with Crippen LogP contribution in [0, 0.1) is 13.8 Å². The molecule has 0 saturated heterocycles. The van der Waals surface area contributed by atoms with E-state index in [4.69, 9.17) is 14.2 Å². The van der Waals surface area contributed by atoms with Crippen molar-refractivity contribution in [3.63, 3.8) is 0 Å². The highest BCUT2D eigenvalue weighted by atomic mass is 16.7. The minimum Gasteiger partial charge on any atom is -0.481 e. The summed E-state index contributed by atoms with van der Waals surface area (Å²) in [7, 11) is 0. The number of benzene rings is 2. The van der Waals surface area contributed by atoms with Gasteiger partial charge in [-0.15, -0.1) is 0 Å². The van der Waals surface area contributed by atoms with Gasteiger partial charge in [0.2, 0.25) is 6.79 Å². The molecule has 0 aliphatic carbocycles. The Morgan fingerprint density at radius 1 is 1.12 bits per heavy atom. The molecule has 1 aliphatic rings. The molecule has 1 N–H and O–H groups in total. The number of rotatable bonds is 5. The van der Waals surface area contributed by atoms with Crippen LogP contribution in [0.1, 0.15) is 23.6 Å². The van der Waals surface area contributed by atoms with Crippen LogP contribution in [-0.2, 0) is 11.3 Å². The van der Waals surface area contributed by atoms with Crippen LogP contribution in [0.25, 0.3) is 0 Å². The maximum absolute atomic E-state index is 12.2. The fraction of sp³-hybridized carbons (Fsp3) is 0.316. The van der Waals surface area contributed by atoms with Crippen molar-refractivity contribution >= 4 is 5.91 Å². The summed E-state index contributed by atoms with van der Waals surface area (Å²) in [5.74, 6) is 1.99. The molecule has 3 rings (SSSR count). The van der Waals surface area contributed by atoms with E-state index in [1.54, 1.807) is 6.92 Å². The Bertz CT molecular complexity index is 737. The van der Waals surface area contributed by atoms with Crippen molar-refractivity contribution in [2.24, 2.45) is 0 Å². The topological polar surface area (TPSA) is 56.8 Å². The van der Waals surface area contributed by atoms with E-state index in [2.05, 4.69) is 11.4 Å². The Kier molecular flexibility index (Phi) is 4.60. The van der Waals surface area contributed by atoms with Crippen LogP contribution >= 0.6 is 0 Å². The quantitative estimate of drug-likeness (QED) is 0.917. The molecule has 0 unspecified atom stereocenters. The molecule has 5 nitrogen and oxygen atoms in total. The first-order valence-corrected chi connectivity index (χ1v) is 7.92. The first kappa shape index (κ1) is 16.2. The first-order chi connectivity index (χ1) is 11.5. The third-order valence-electron chi connectivity index (χ3n) is 3.78. The molecule has 1 aliphatic heterocycles. The maximum Gasteiger partial charge on any atom is 0.261 e. The second-order valence-corrected chi connectivity index (χ2v) is 5.99. The largest absolute Gasteiger partial charge is 0.481 e. The molecule has 0 spiro atoms. The fourth-order valence-corrected chi connectivity index (χ4v) is 2.64. The second-order valence-electron chi connectivity index (χ2n) is 5.99. The molecule has 0 radical (unpaired) electrons. The van der Waals surface area contributed by atoms with Gasteiger partial charge in [-0.3, -0.25) is 4.79 Å². The van der Waals surface area contributed by atoms with Gasteiger partial charge in [-0.25, -0.2) is 0 Å². The van der Waals surface area contributed by atoms with Crippen LogP contribution in [0.5, 0.6) is 17.2 Å².